The molecule has 0 aliphatic rings. The fraction of sp³-hybridized carbons (Fsp3) is 0.143. The lowest BCUT2D eigenvalue weighted by Crippen LogP contribution is -2.09. The van der Waals surface area contributed by atoms with E-state index in [-0.39, 0.29) is 10.7 Å². The molecule has 0 saturated heterocycles. The minimum Gasteiger partial charge on any atom is -0.375 e. The minimum atomic E-state index is -0.939. The van der Waals surface area contributed by atoms with E-state index in [1.807, 2.05) is 0 Å². The van der Waals surface area contributed by atoms with Crippen LogP contribution in [0.15, 0.2) is 36.4 Å². The van der Waals surface area contributed by atoms with Crippen LogP contribution in [0, 0.1) is 17.5 Å². The Balaban J connectivity index is 2.25. The zero-order valence-electron chi connectivity index (χ0n) is 10.1. The van der Waals surface area contributed by atoms with Gasteiger partial charge >= 0.3 is 0 Å². The highest BCUT2D eigenvalue weighted by atomic mass is 35.5. The Bertz CT molecular complexity index is 581. The van der Waals surface area contributed by atoms with Crippen LogP contribution in [0.4, 0.5) is 18.9 Å². The monoisotopic (exact) mass is 285 g/mol. The number of rotatable bonds is 3. The van der Waals surface area contributed by atoms with Gasteiger partial charge in [0.25, 0.3) is 0 Å². The van der Waals surface area contributed by atoms with E-state index in [4.69, 9.17) is 11.6 Å². The van der Waals surface area contributed by atoms with E-state index in [9.17, 15) is 13.2 Å². The predicted octanol–water partition coefficient (Wildman–Crippen LogP) is 4.93. The smallest absolute Gasteiger partial charge is 0.159 e. The first-order valence-electron chi connectivity index (χ1n) is 5.64. The van der Waals surface area contributed by atoms with Crippen LogP contribution in [0.2, 0.25) is 5.02 Å². The molecule has 0 saturated carbocycles. The van der Waals surface area contributed by atoms with Gasteiger partial charge in [0.1, 0.15) is 5.82 Å². The number of benzene rings is 2. The summed E-state index contributed by atoms with van der Waals surface area (Å²) in [6.45, 7) is 1.70. The van der Waals surface area contributed by atoms with Crippen LogP contribution < -0.4 is 5.32 Å². The number of hydrogen-bond acceptors (Lipinski definition) is 1. The summed E-state index contributed by atoms with van der Waals surface area (Å²) in [7, 11) is 0. The molecule has 2 aromatic carbocycles. The van der Waals surface area contributed by atoms with Crippen molar-refractivity contribution in [3.05, 3.63) is 64.4 Å². The summed E-state index contributed by atoms with van der Waals surface area (Å²) in [5.41, 5.74) is 0.639. The Labute approximate surface area is 114 Å². The Morgan fingerprint density at radius 3 is 2.37 bits per heavy atom. The topological polar surface area (TPSA) is 12.0 Å². The second kappa shape index (κ2) is 5.53. The van der Waals surface area contributed by atoms with Crippen molar-refractivity contribution in [1.82, 2.24) is 0 Å². The maximum Gasteiger partial charge on any atom is 0.159 e. The van der Waals surface area contributed by atoms with Gasteiger partial charge in [-0.25, -0.2) is 13.2 Å². The van der Waals surface area contributed by atoms with Crippen LogP contribution in [0.5, 0.6) is 0 Å². The first-order valence-corrected chi connectivity index (χ1v) is 6.02. The van der Waals surface area contributed by atoms with Gasteiger partial charge in [-0.15, -0.1) is 0 Å². The molecule has 1 unspecified atom stereocenters. The molecule has 0 aliphatic heterocycles. The van der Waals surface area contributed by atoms with Crippen LogP contribution >= 0.6 is 11.6 Å². The lowest BCUT2D eigenvalue weighted by atomic mass is 10.1. The van der Waals surface area contributed by atoms with Gasteiger partial charge in [-0.05, 0) is 36.8 Å². The average molecular weight is 286 g/mol. The summed E-state index contributed by atoms with van der Waals surface area (Å²) in [5, 5.41) is 3.08. The van der Waals surface area contributed by atoms with Gasteiger partial charge < -0.3 is 5.32 Å². The lowest BCUT2D eigenvalue weighted by molar-refractivity contribution is 0.506. The lowest BCUT2D eigenvalue weighted by Gasteiger charge is -2.17. The molecule has 2 rings (SSSR count). The van der Waals surface area contributed by atoms with Crippen LogP contribution in [0.1, 0.15) is 18.5 Å². The van der Waals surface area contributed by atoms with E-state index in [2.05, 4.69) is 5.32 Å². The molecule has 0 radical (unpaired) electrons. The molecule has 5 heteroatoms. The SMILES string of the molecule is CC(Nc1c(F)cccc1Cl)c1ccc(F)c(F)c1. The molecule has 100 valence electrons. The molecule has 0 bridgehead atoms. The van der Waals surface area contributed by atoms with E-state index < -0.39 is 23.5 Å². The van der Waals surface area contributed by atoms with E-state index in [0.29, 0.717) is 5.56 Å². The molecule has 0 amide bonds. The molecular formula is C14H11ClF3N. The predicted molar refractivity (Wildman–Crippen MR) is 69.8 cm³/mol. The zero-order valence-corrected chi connectivity index (χ0v) is 10.8. The second-order valence-corrected chi connectivity index (χ2v) is 4.54. The molecule has 0 heterocycles. The first kappa shape index (κ1) is 13.7. The maximum absolute atomic E-state index is 13.6. The molecule has 0 aliphatic carbocycles. The Morgan fingerprint density at radius 1 is 1.00 bits per heavy atom. The van der Waals surface area contributed by atoms with Crippen molar-refractivity contribution in [2.45, 2.75) is 13.0 Å². The second-order valence-electron chi connectivity index (χ2n) is 4.14. The fourth-order valence-corrected chi connectivity index (χ4v) is 1.93. The molecule has 2 aromatic rings. The van der Waals surface area contributed by atoms with E-state index in [1.54, 1.807) is 13.0 Å². The summed E-state index contributed by atoms with van der Waals surface area (Å²) in [5.74, 6) is -2.35. The van der Waals surface area contributed by atoms with Gasteiger partial charge in [-0.1, -0.05) is 23.7 Å². The van der Waals surface area contributed by atoms with Gasteiger partial charge in [-0.2, -0.15) is 0 Å². The van der Waals surface area contributed by atoms with Crippen molar-refractivity contribution in [1.29, 1.82) is 0 Å². The highest BCUT2D eigenvalue weighted by Crippen LogP contribution is 2.29. The van der Waals surface area contributed by atoms with E-state index in [0.717, 1.165) is 12.1 Å². The molecule has 1 nitrogen and oxygen atoms in total. The van der Waals surface area contributed by atoms with Crippen molar-refractivity contribution in [2.24, 2.45) is 0 Å². The summed E-state index contributed by atoms with van der Waals surface area (Å²) in [6, 6.07) is 7.44. The third-order valence-corrected chi connectivity index (χ3v) is 3.08. The van der Waals surface area contributed by atoms with Gasteiger partial charge in [0.15, 0.2) is 11.6 Å². The number of hydrogen-bond donors (Lipinski definition) is 1. The molecule has 0 spiro atoms. The minimum absolute atomic E-state index is 0.140. The van der Waals surface area contributed by atoms with Crippen molar-refractivity contribution in [3.63, 3.8) is 0 Å². The number of nitrogens with one attached hydrogen (secondary N) is 1. The van der Waals surface area contributed by atoms with E-state index >= 15 is 0 Å². The van der Waals surface area contributed by atoms with Gasteiger partial charge in [0.05, 0.1) is 10.7 Å². The summed E-state index contributed by atoms with van der Waals surface area (Å²) >= 11 is 5.88. The number of anilines is 1. The number of halogens is 4. The Morgan fingerprint density at radius 2 is 1.74 bits per heavy atom. The largest absolute Gasteiger partial charge is 0.375 e. The highest BCUT2D eigenvalue weighted by molar-refractivity contribution is 6.33. The van der Waals surface area contributed by atoms with Crippen molar-refractivity contribution in [2.75, 3.05) is 5.32 Å². The fourth-order valence-electron chi connectivity index (χ4n) is 1.72. The van der Waals surface area contributed by atoms with Crippen molar-refractivity contribution >= 4 is 17.3 Å². The normalized spacial score (nSPS) is 12.3. The standard InChI is InChI=1S/C14H11ClF3N/c1-8(9-5-6-11(16)13(18)7-9)19-14-10(15)3-2-4-12(14)17/h2-8,19H,1H3. The Kier molecular flexibility index (Phi) is 4.00. The van der Waals surface area contributed by atoms with Crippen LogP contribution in [0.25, 0.3) is 0 Å². The molecule has 0 fully saturated rings. The molecule has 0 aromatic heterocycles. The molecule has 1 atom stereocenters. The summed E-state index contributed by atoms with van der Waals surface area (Å²) in [6.07, 6.45) is 0. The third kappa shape index (κ3) is 3.01. The van der Waals surface area contributed by atoms with Crippen molar-refractivity contribution in [3.8, 4) is 0 Å². The molecule has 1 N–H and O–H groups in total. The third-order valence-electron chi connectivity index (χ3n) is 2.77. The molecular weight excluding hydrogens is 275 g/mol. The van der Waals surface area contributed by atoms with Crippen LogP contribution in [-0.4, -0.2) is 0 Å². The van der Waals surface area contributed by atoms with Gasteiger partial charge in [0.2, 0.25) is 0 Å². The van der Waals surface area contributed by atoms with E-state index in [1.165, 1.54) is 18.2 Å². The van der Waals surface area contributed by atoms with Gasteiger partial charge in [-0.3, -0.25) is 0 Å². The number of para-hydroxylation sites is 1. The van der Waals surface area contributed by atoms with Crippen molar-refractivity contribution < 1.29 is 13.2 Å². The summed E-state index contributed by atoms with van der Waals surface area (Å²) in [4.78, 5) is 0. The highest BCUT2D eigenvalue weighted by Gasteiger charge is 2.13. The summed E-state index contributed by atoms with van der Waals surface area (Å²) < 4.78 is 39.6. The molecule has 19 heavy (non-hydrogen) atoms. The first-order chi connectivity index (χ1) is 8.99. The van der Waals surface area contributed by atoms with Crippen LogP contribution in [-0.2, 0) is 0 Å². The average Bonchev–Trinajstić information content (AvgIpc) is 2.37. The Hall–Kier alpha value is -1.68. The maximum atomic E-state index is 13.6. The quantitative estimate of drug-likeness (QED) is 0.843. The zero-order chi connectivity index (χ0) is 14.0. The van der Waals surface area contributed by atoms with Gasteiger partial charge in [0, 0.05) is 6.04 Å². The van der Waals surface area contributed by atoms with Crippen LogP contribution in [0.3, 0.4) is 0 Å².